The van der Waals surface area contributed by atoms with Crippen LogP contribution in [0.1, 0.15) is 24.0 Å². The number of benzene rings is 1. The molecule has 0 atom stereocenters. The van der Waals surface area contributed by atoms with Crippen molar-refractivity contribution in [1.29, 1.82) is 0 Å². The first-order chi connectivity index (χ1) is 8.34. The molecule has 0 spiro atoms. The summed E-state index contributed by atoms with van der Waals surface area (Å²) in [5.41, 5.74) is 2.87. The van der Waals surface area contributed by atoms with E-state index in [0.29, 0.717) is 5.88 Å². The van der Waals surface area contributed by atoms with Gasteiger partial charge in [-0.05, 0) is 36.5 Å². The van der Waals surface area contributed by atoms with Crippen molar-refractivity contribution < 1.29 is 9.47 Å². The van der Waals surface area contributed by atoms with E-state index in [1.54, 1.807) is 0 Å². The fourth-order valence-electron chi connectivity index (χ4n) is 2.67. The summed E-state index contributed by atoms with van der Waals surface area (Å²) in [5, 5.41) is 0. The van der Waals surface area contributed by atoms with Gasteiger partial charge < -0.3 is 9.47 Å². The van der Waals surface area contributed by atoms with Crippen molar-refractivity contribution >= 4 is 11.6 Å². The molecular weight excluding hydrogens is 236 g/mol. The lowest BCUT2D eigenvalue weighted by Crippen LogP contribution is -2.47. The molecule has 0 bridgehead atoms. The summed E-state index contributed by atoms with van der Waals surface area (Å²) in [5.74, 6) is 1.75. The summed E-state index contributed by atoms with van der Waals surface area (Å²) >= 11 is 5.91. The quantitative estimate of drug-likeness (QED) is 0.771. The number of hydrogen-bond acceptors (Lipinski definition) is 2. The first-order valence-corrected chi connectivity index (χ1v) is 6.77. The molecule has 1 saturated heterocycles. The van der Waals surface area contributed by atoms with Crippen LogP contribution in [0.3, 0.4) is 0 Å². The summed E-state index contributed by atoms with van der Waals surface area (Å²) in [6, 6.07) is 6.58. The van der Waals surface area contributed by atoms with Crippen LogP contribution < -0.4 is 4.74 Å². The van der Waals surface area contributed by atoms with Crippen LogP contribution in [0, 0.1) is 0 Å². The molecule has 92 valence electrons. The van der Waals surface area contributed by atoms with Gasteiger partial charge in [-0.25, -0.2) is 0 Å². The number of halogens is 1. The van der Waals surface area contributed by atoms with Crippen LogP contribution in [-0.4, -0.2) is 25.7 Å². The highest BCUT2D eigenvalue weighted by Gasteiger charge is 2.40. The Labute approximate surface area is 107 Å². The maximum absolute atomic E-state index is 5.91. The lowest BCUT2D eigenvalue weighted by Gasteiger charge is -2.42. The van der Waals surface area contributed by atoms with Crippen molar-refractivity contribution in [2.75, 3.05) is 25.7 Å². The molecule has 2 nitrogen and oxygen atoms in total. The number of aryl methyl sites for hydroxylation is 1. The summed E-state index contributed by atoms with van der Waals surface area (Å²) in [6.45, 7) is 2.46. The zero-order chi connectivity index (χ0) is 11.7. The van der Waals surface area contributed by atoms with Crippen LogP contribution >= 0.6 is 11.6 Å². The SMILES string of the molecule is ClCCC1(c2ccc3c(c2)CCCO3)COC1. The average Bonchev–Trinajstić information content (AvgIpc) is 2.33. The third kappa shape index (κ3) is 1.94. The zero-order valence-electron chi connectivity index (χ0n) is 9.88. The fraction of sp³-hybridized carbons (Fsp3) is 0.571. The van der Waals surface area contributed by atoms with Crippen molar-refractivity contribution in [3.05, 3.63) is 29.3 Å². The van der Waals surface area contributed by atoms with Gasteiger partial charge in [0.05, 0.1) is 19.8 Å². The molecule has 0 saturated carbocycles. The van der Waals surface area contributed by atoms with E-state index in [-0.39, 0.29) is 5.41 Å². The first-order valence-electron chi connectivity index (χ1n) is 6.24. The third-order valence-electron chi connectivity index (χ3n) is 3.85. The molecule has 1 aromatic rings. The molecule has 3 heteroatoms. The van der Waals surface area contributed by atoms with Gasteiger partial charge in [-0.3, -0.25) is 0 Å². The van der Waals surface area contributed by atoms with Gasteiger partial charge in [0.2, 0.25) is 0 Å². The van der Waals surface area contributed by atoms with Crippen LogP contribution in [0.25, 0.3) is 0 Å². The third-order valence-corrected chi connectivity index (χ3v) is 4.04. The van der Waals surface area contributed by atoms with Gasteiger partial charge in [-0.15, -0.1) is 11.6 Å². The van der Waals surface area contributed by atoms with Gasteiger partial charge in [-0.1, -0.05) is 12.1 Å². The fourth-order valence-corrected chi connectivity index (χ4v) is 3.04. The zero-order valence-corrected chi connectivity index (χ0v) is 10.6. The Morgan fingerprint density at radius 3 is 2.88 bits per heavy atom. The van der Waals surface area contributed by atoms with Gasteiger partial charge >= 0.3 is 0 Å². The Bertz CT molecular complexity index is 413. The highest BCUT2D eigenvalue weighted by molar-refractivity contribution is 6.17. The number of rotatable bonds is 3. The highest BCUT2D eigenvalue weighted by Crippen LogP contribution is 2.38. The molecule has 0 unspecified atom stereocenters. The van der Waals surface area contributed by atoms with Gasteiger partial charge in [0.1, 0.15) is 5.75 Å². The van der Waals surface area contributed by atoms with Crippen LogP contribution in [0.5, 0.6) is 5.75 Å². The Morgan fingerprint density at radius 1 is 1.29 bits per heavy atom. The van der Waals surface area contributed by atoms with Gasteiger partial charge in [-0.2, -0.15) is 0 Å². The molecule has 2 aliphatic heterocycles. The maximum atomic E-state index is 5.91. The second kappa shape index (κ2) is 4.51. The Hall–Kier alpha value is -0.730. The summed E-state index contributed by atoms with van der Waals surface area (Å²) in [4.78, 5) is 0. The van der Waals surface area contributed by atoms with E-state index in [1.165, 1.54) is 11.1 Å². The summed E-state index contributed by atoms with van der Waals surface area (Å²) in [6.07, 6.45) is 3.24. The van der Waals surface area contributed by atoms with Crippen LogP contribution in [0.15, 0.2) is 18.2 Å². The standard InChI is InChI=1S/C14H17ClO2/c15-6-5-14(9-16-10-14)12-3-4-13-11(8-12)2-1-7-17-13/h3-4,8H,1-2,5-7,9-10H2. The van der Waals surface area contributed by atoms with E-state index >= 15 is 0 Å². The van der Waals surface area contributed by atoms with Gasteiger partial charge in [0.25, 0.3) is 0 Å². The van der Waals surface area contributed by atoms with E-state index in [1.807, 2.05) is 0 Å². The van der Waals surface area contributed by atoms with E-state index < -0.39 is 0 Å². The molecule has 0 amide bonds. The van der Waals surface area contributed by atoms with Crippen LogP contribution in [0.2, 0.25) is 0 Å². The highest BCUT2D eigenvalue weighted by atomic mass is 35.5. The van der Waals surface area contributed by atoms with Crippen molar-refractivity contribution in [2.45, 2.75) is 24.7 Å². The first kappa shape index (κ1) is 11.4. The lowest BCUT2D eigenvalue weighted by molar-refractivity contribution is -0.0616. The van der Waals surface area contributed by atoms with E-state index in [2.05, 4.69) is 18.2 Å². The Kier molecular flexibility index (Phi) is 3.01. The topological polar surface area (TPSA) is 18.5 Å². The van der Waals surface area contributed by atoms with Crippen molar-refractivity contribution in [3.63, 3.8) is 0 Å². The minimum absolute atomic E-state index is 0.161. The minimum atomic E-state index is 0.161. The summed E-state index contributed by atoms with van der Waals surface area (Å²) < 4.78 is 11.0. The molecule has 2 aliphatic rings. The average molecular weight is 253 g/mol. The van der Waals surface area contributed by atoms with Crippen LogP contribution in [-0.2, 0) is 16.6 Å². The number of ether oxygens (including phenoxy) is 2. The molecule has 1 fully saturated rings. The molecule has 0 N–H and O–H groups in total. The predicted molar refractivity (Wildman–Crippen MR) is 68.1 cm³/mol. The molecule has 3 rings (SSSR count). The second-order valence-corrected chi connectivity index (χ2v) is 5.36. The molecule has 1 aromatic carbocycles. The number of fused-ring (bicyclic) bond motifs is 1. The second-order valence-electron chi connectivity index (χ2n) is 4.99. The Morgan fingerprint density at radius 2 is 2.18 bits per heavy atom. The molecule has 0 aliphatic carbocycles. The molecule has 2 heterocycles. The Balaban J connectivity index is 1.92. The number of alkyl halides is 1. The monoisotopic (exact) mass is 252 g/mol. The molecule has 0 aromatic heterocycles. The van der Waals surface area contributed by atoms with E-state index in [4.69, 9.17) is 21.1 Å². The molecule has 17 heavy (non-hydrogen) atoms. The molecule has 0 radical (unpaired) electrons. The van der Waals surface area contributed by atoms with Crippen LogP contribution in [0.4, 0.5) is 0 Å². The summed E-state index contributed by atoms with van der Waals surface area (Å²) in [7, 11) is 0. The molecular formula is C14H17ClO2. The largest absolute Gasteiger partial charge is 0.493 e. The number of hydrogen-bond donors (Lipinski definition) is 0. The minimum Gasteiger partial charge on any atom is -0.493 e. The van der Waals surface area contributed by atoms with E-state index in [0.717, 1.165) is 44.8 Å². The van der Waals surface area contributed by atoms with Gasteiger partial charge in [0, 0.05) is 11.3 Å². The maximum Gasteiger partial charge on any atom is 0.122 e. The van der Waals surface area contributed by atoms with Gasteiger partial charge in [0.15, 0.2) is 0 Å². The normalized spacial score (nSPS) is 21.2. The van der Waals surface area contributed by atoms with Crippen molar-refractivity contribution in [1.82, 2.24) is 0 Å². The lowest BCUT2D eigenvalue weighted by atomic mass is 9.75. The van der Waals surface area contributed by atoms with Crippen molar-refractivity contribution in [3.8, 4) is 5.75 Å². The van der Waals surface area contributed by atoms with E-state index in [9.17, 15) is 0 Å². The van der Waals surface area contributed by atoms with Crippen molar-refractivity contribution in [2.24, 2.45) is 0 Å². The smallest absolute Gasteiger partial charge is 0.122 e. The predicted octanol–water partition coefficient (Wildman–Crippen LogP) is 2.91.